The minimum atomic E-state index is -5.23. The van der Waals surface area contributed by atoms with Gasteiger partial charge in [-0.05, 0) is 35.9 Å². The van der Waals surface area contributed by atoms with Gasteiger partial charge in [-0.1, -0.05) is 0 Å². The Labute approximate surface area is 206 Å². The number of nitrogens with zero attached hydrogens (tertiary/aromatic N) is 1. The van der Waals surface area contributed by atoms with E-state index in [1.807, 2.05) is 0 Å². The van der Waals surface area contributed by atoms with Gasteiger partial charge in [-0.2, -0.15) is 30.4 Å². The molecule has 1 aliphatic rings. The molecule has 7 nitrogen and oxygen atoms in total. The Kier molecular flexibility index (Phi) is 6.55. The molecule has 38 heavy (non-hydrogen) atoms. The Bertz CT molecular complexity index is 1610. The van der Waals surface area contributed by atoms with Crippen molar-refractivity contribution >= 4 is 21.4 Å². The van der Waals surface area contributed by atoms with Gasteiger partial charge in [0.25, 0.3) is 5.69 Å². The number of hydrogen-bond donors (Lipinski definition) is 0. The molecule has 0 aromatic heterocycles. The van der Waals surface area contributed by atoms with Gasteiger partial charge in [0.15, 0.2) is 0 Å². The molecular weight excluding hydrogens is 558 g/mol. The fraction of sp³-hybridized carbons (Fsp3) is 0.0909. The normalized spacial score (nSPS) is 13.4. The summed E-state index contributed by atoms with van der Waals surface area (Å²) < 4.78 is 142. The molecule has 0 spiro atoms. The Hall–Kier alpha value is -4.21. The molecular formula is C22H9F8NO6S. The highest BCUT2D eigenvalue weighted by atomic mass is 32.2. The number of hydrogen-bond acceptors (Lipinski definition) is 6. The highest BCUT2D eigenvalue weighted by Gasteiger charge is 2.35. The number of rotatable bonds is 5. The van der Waals surface area contributed by atoms with Crippen LogP contribution in [0.25, 0.3) is 5.57 Å². The maximum absolute atomic E-state index is 13.9. The molecule has 0 amide bonds. The number of alkyl halides is 3. The molecule has 0 saturated carbocycles. The van der Waals surface area contributed by atoms with E-state index in [1.165, 1.54) is 6.08 Å². The Morgan fingerprint density at radius 1 is 0.868 bits per heavy atom. The van der Waals surface area contributed by atoms with Crippen molar-refractivity contribution in [3.8, 4) is 11.5 Å². The predicted molar refractivity (Wildman–Crippen MR) is 111 cm³/mol. The van der Waals surface area contributed by atoms with Crippen molar-refractivity contribution in [3.05, 3.63) is 98.4 Å². The highest BCUT2D eigenvalue weighted by Crippen LogP contribution is 2.42. The quantitative estimate of drug-likeness (QED) is 0.0952. The summed E-state index contributed by atoms with van der Waals surface area (Å²) in [5.41, 5.74) is -2.48. The average molecular weight is 567 g/mol. The molecule has 1 aliphatic heterocycles. The van der Waals surface area contributed by atoms with Crippen molar-refractivity contribution in [2.45, 2.75) is 11.1 Å². The molecule has 3 aromatic carbocycles. The first-order chi connectivity index (χ1) is 17.6. The van der Waals surface area contributed by atoms with E-state index in [-0.39, 0.29) is 29.1 Å². The number of nitro groups is 1. The van der Waals surface area contributed by atoms with Gasteiger partial charge in [-0.3, -0.25) is 10.1 Å². The third kappa shape index (κ3) is 4.62. The van der Waals surface area contributed by atoms with Crippen LogP contribution in [0.1, 0.15) is 16.7 Å². The van der Waals surface area contributed by atoms with Crippen LogP contribution in [-0.4, -0.2) is 19.9 Å². The maximum Gasteiger partial charge on any atom is 0.416 e. The van der Waals surface area contributed by atoms with Crippen molar-refractivity contribution in [2.24, 2.45) is 0 Å². The van der Waals surface area contributed by atoms with Crippen molar-refractivity contribution in [3.63, 3.8) is 0 Å². The zero-order valence-electron chi connectivity index (χ0n) is 18.1. The molecule has 0 aliphatic carbocycles. The van der Waals surface area contributed by atoms with Crippen LogP contribution in [0.5, 0.6) is 11.5 Å². The second-order valence-corrected chi connectivity index (χ2v) is 9.06. The van der Waals surface area contributed by atoms with Crippen LogP contribution in [-0.2, 0) is 16.3 Å². The fourth-order valence-corrected chi connectivity index (χ4v) is 4.43. The third-order valence-electron chi connectivity index (χ3n) is 5.23. The number of nitro benzene ring substituents is 1. The number of halogens is 8. The van der Waals surface area contributed by atoms with Crippen LogP contribution in [0.3, 0.4) is 0 Å². The minimum absolute atomic E-state index is 0.00342. The van der Waals surface area contributed by atoms with Gasteiger partial charge in [0.05, 0.1) is 16.1 Å². The van der Waals surface area contributed by atoms with Crippen LogP contribution in [0.15, 0.2) is 47.4 Å². The Morgan fingerprint density at radius 2 is 1.45 bits per heavy atom. The number of benzene rings is 3. The fourth-order valence-electron chi connectivity index (χ4n) is 3.48. The molecule has 4 rings (SSSR count). The average Bonchev–Trinajstić information content (AvgIpc) is 2.87. The molecule has 3 aromatic rings. The number of fused-ring (bicyclic) bond motifs is 1. The second kappa shape index (κ2) is 9.27. The second-order valence-electron chi connectivity index (χ2n) is 7.51. The minimum Gasteiger partial charge on any atom is -0.489 e. The van der Waals surface area contributed by atoms with Crippen LogP contribution in [0.2, 0.25) is 0 Å². The lowest BCUT2D eigenvalue weighted by Gasteiger charge is -2.20. The monoisotopic (exact) mass is 567 g/mol. The first-order valence-corrected chi connectivity index (χ1v) is 11.3. The number of ether oxygens (including phenoxy) is 1. The summed E-state index contributed by atoms with van der Waals surface area (Å²) in [4.78, 5) is 9.57. The summed E-state index contributed by atoms with van der Waals surface area (Å²) in [5.74, 6) is -14.9. The zero-order chi connectivity index (χ0) is 28.2. The van der Waals surface area contributed by atoms with Crippen molar-refractivity contribution < 1.29 is 57.4 Å². The molecule has 0 unspecified atom stereocenters. The van der Waals surface area contributed by atoms with Crippen LogP contribution in [0, 0.1) is 39.2 Å². The summed E-state index contributed by atoms with van der Waals surface area (Å²) in [6.45, 7) is -0.331. The molecule has 200 valence electrons. The van der Waals surface area contributed by atoms with E-state index in [0.717, 1.165) is 24.3 Å². The summed E-state index contributed by atoms with van der Waals surface area (Å²) in [6, 6.07) is 4.27. The SMILES string of the molecule is O=[N+]([O-])c1cc(C(F)(F)F)ccc1C1=CCOc2cc(S(=O)(=O)Oc3c(F)c(F)c(F)c(F)c3F)ccc21. The van der Waals surface area contributed by atoms with Gasteiger partial charge in [0.1, 0.15) is 17.3 Å². The Morgan fingerprint density at radius 3 is 2.03 bits per heavy atom. The first kappa shape index (κ1) is 26.8. The standard InChI is InChI=1S/C22H9F8NO6S/c23-16-17(24)19(26)21(20(27)18(16)25)37-38(34,35)10-2-4-13-11(5-6-36-15(13)8-10)12-3-1-9(22(28,29)30)7-14(12)31(32)33/h1-5,7-8H,6H2. The van der Waals surface area contributed by atoms with E-state index in [1.54, 1.807) is 0 Å². The van der Waals surface area contributed by atoms with Gasteiger partial charge in [-0.15, -0.1) is 0 Å². The topological polar surface area (TPSA) is 95.7 Å². The van der Waals surface area contributed by atoms with E-state index >= 15 is 0 Å². The first-order valence-electron chi connectivity index (χ1n) is 9.92. The predicted octanol–water partition coefficient (Wildman–Crippen LogP) is 5.90. The van der Waals surface area contributed by atoms with Gasteiger partial charge in [0.2, 0.25) is 34.8 Å². The van der Waals surface area contributed by atoms with E-state index in [0.29, 0.717) is 12.1 Å². The van der Waals surface area contributed by atoms with E-state index in [2.05, 4.69) is 4.18 Å². The van der Waals surface area contributed by atoms with E-state index in [4.69, 9.17) is 4.74 Å². The molecule has 0 atom stereocenters. The third-order valence-corrected chi connectivity index (χ3v) is 6.45. The molecule has 1 heterocycles. The van der Waals surface area contributed by atoms with E-state index < -0.39 is 72.2 Å². The highest BCUT2D eigenvalue weighted by molar-refractivity contribution is 7.87. The molecule has 0 bridgehead atoms. The lowest BCUT2D eigenvalue weighted by atomic mass is 9.93. The van der Waals surface area contributed by atoms with Crippen molar-refractivity contribution in [2.75, 3.05) is 6.61 Å². The molecule has 0 N–H and O–H groups in total. The Balaban J connectivity index is 1.75. The summed E-state index contributed by atoms with van der Waals surface area (Å²) in [5, 5.41) is 11.5. The molecule has 0 saturated heterocycles. The van der Waals surface area contributed by atoms with E-state index in [9.17, 15) is 53.7 Å². The summed E-state index contributed by atoms with van der Waals surface area (Å²) in [6.07, 6.45) is -3.60. The van der Waals surface area contributed by atoms with Crippen molar-refractivity contribution in [1.29, 1.82) is 0 Å². The largest absolute Gasteiger partial charge is 0.489 e. The van der Waals surface area contributed by atoms with Gasteiger partial charge in [0, 0.05) is 17.7 Å². The van der Waals surface area contributed by atoms with Crippen LogP contribution >= 0.6 is 0 Å². The summed E-state index contributed by atoms with van der Waals surface area (Å²) >= 11 is 0. The molecule has 0 fully saturated rings. The maximum atomic E-state index is 13.9. The molecule has 0 radical (unpaired) electrons. The lowest BCUT2D eigenvalue weighted by molar-refractivity contribution is -0.385. The smallest absolute Gasteiger partial charge is 0.416 e. The van der Waals surface area contributed by atoms with Crippen LogP contribution in [0.4, 0.5) is 40.8 Å². The zero-order valence-corrected chi connectivity index (χ0v) is 18.9. The lowest BCUT2D eigenvalue weighted by Crippen LogP contribution is -2.15. The van der Waals surface area contributed by atoms with Crippen LogP contribution < -0.4 is 8.92 Å². The van der Waals surface area contributed by atoms with Crippen molar-refractivity contribution in [1.82, 2.24) is 0 Å². The van der Waals surface area contributed by atoms with Gasteiger partial charge >= 0.3 is 16.3 Å². The van der Waals surface area contributed by atoms with Gasteiger partial charge in [-0.25, -0.2) is 13.2 Å². The summed E-state index contributed by atoms with van der Waals surface area (Å²) in [7, 11) is -5.23. The molecule has 16 heteroatoms. The van der Waals surface area contributed by atoms with Gasteiger partial charge < -0.3 is 8.92 Å².